The number of benzene rings is 2. The number of phenolic OH excluding ortho intramolecular Hbond substituents is 1. The van der Waals surface area contributed by atoms with Crippen molar-refractivity contribution in [2.75, 3.05) is 0 Å². The average molecular weight is 339 g/mol. The van der Waals surface area contributed by atoms with E-state index >= 15 is 0 Å². The highest BCUT2D eigenvalue weighted by molar-refractivity contribution is 6.02. The molecule has 0 saturated heterocycles. The molecule has 3 N–H and O–H groups in total. The molecule has 1 heterocycles. The lowest BCUT2D eigenvalue weighted by Crippen LogP contribution is -2.42. The summed E-state index contributed by atoms with van der Waals surface area (Å²) in [4.78, 5) is 24.2. The lowest BCUT2D eigenvalue weighted by atomic mass is 10.1. The van der Waals surface area contributed by atoms with Crippen LogP contribution in [-0.2, 0) is 11.2 Å². The number of phenols is 1. The Kier molecular flexibility index (Phi) is 4.38. The number of aryl methyl sites for hydroxylation is 2. The summed E-state index contributed by atoms with van der Waals surface area (Å²) >= 11 is 0. The van der Waals surface area contributed by atoms with Gasteiger partial charge in [-0.2, -0.15) is 0 Å². The van der Waals surface area contributed by atoms with E-state index in [-0.39, 0.29) is 17.7 Å². The molecule has 3 rings (SSSR count). The summed E-state index contributed by atoms with van der Waals surface area (Å²) in [6.45, 7) is 3.46. The van der Waals surface area contributed by atoms with Gasteiger partial charge in [0.15, 0.2) is 0 Å². The van der Waals surface area contributed by atoms with Gasteiger partial charge in [0.05, 0.1) is 17.7 Å². The fraction of sp³-hybridized carbons (Fsp3) is 0.167. The monoisotopic (exact) mass is 339 g/mol. The first kappa shape index (κ1) is 16.5. The zero-order valence-corrected chi connectivity index (χ0v) is 13.8. The number of aromatic nitrogens is 1. The van der Waals surface area contributed by atoms with Crippen molar-refractivity contribution < 1.29 is 19.2 Å². The fourth-order valence-corrected chi connectivity index (χ4v) is 2.56. The van der Waals surface area contributed by atoms with Crippen molar-refractivity contribution in [3.63, 3.8) is 0 Å². The Bertz CT molecular complexity index is 943. The number of aromatic hydroxyl groups is 1. The summed E-state index contributed by atoms with van der Waals surface area (Å²) in [5.41, 5.74) is 6.03. The molecule has 7 heteroatoms. The van der Waals surface area contributed by atoms with E-state index < -0.39 is 11.8 Å². The highest BCUT2D eigenvalue weighted by atomic mass is 16.5. The summed E-state index contributed by atoms with van der Waals surface area (Å²) in [5, 5.41) is 15.4. The molecule has 128 valence electrons. The maximum Gasteiger partial charge on any atom is 0.273 e. The van der Waals surface area contributed by atoms with Crippen LogP contribution in [0.25, 0.3) is 10.8 Å². The summed E-state index contributed by atoms with van der Waals surface area (Å²) in [5.74, 6) is -0.610. The number of nitrogens with zero attached hydrogens (tertiary/aromatic N) is 1. The average Bonchev–Trinajstić information content (AvgIpc) is 2.91. The minimum Gasteiger partial charge on any atom is -0.507 e. The van der Waals surface area contributed by atoms with E-state index in [4.69, 9.17) is 4.52 Å². The second-order valence-electron chi connectivity index (χ2n) is 5.70. The summed E-state index contributed by atoms with van der Waals surface area (Å²) in [6, 6.07) is 10.4. The smallest absolute Gasteiger partial charge is 0.273 e. The Morgan fingerprint density at radius 1 is 1.12 bits per heavy atom. The first-order valence-corrected chi connectivity index (χ1v) is 7.68. The third kappa shape index (κ3) is 3.45. The number of hydrogen-bond acceptors (Lipinski definition) is 5. The lowest BCUT2D eigenvalue weighted by Gasteiger charge is -2.09. The minimum atomic E-state index is -0.602. The predicted octanol–water partition coefficient (Wildman–Crippen LogP) is 2.15. The van der Waals surface area contributed by atoms with Gasteiger partial charge in [-0.15, -0.1) is 0 Å². The van der Waals surface area contributed by atoms with Crippen molar-refractivity contribution in [3.8, 4) is 5.75 Å². The van der Waals surface area contributed by atoms with E-state index in [0.29, 0.717) is 17.0 Å². The quantitative estimate of drug-likeness (QED) is 0.634. The van der Waals surface area contributed by atoms with Crippen LogP contribution in [0.2, 0.25) is 0 Å². The van der Waals surface area contributed by atoms with E-state index in [1.165, 1.54) is 6.07 Å². The second kappa shape index (κ2) is 6.64. The Morgan fingerprint density at radius 3 is 2.44 bits per heavy atom. The summed E-state index contributed by atoms with van der Waals surface area (Å²) < 4.78 is 5.00. The molecule has 25 heavy (non-hydrogen) atoms. The van der Waals surface area contributed by atoms with Crippen LogP contribution in [0.5, 0.6) is 5.75 Å². The zero-order valence-electron chi connectivity index (χ0n) is 13.8. The molecule has 0 radical (unpaired) electrons. The number of amides is 2. The van der Waals surface area contributed by atoms with Crippen LogP contribution >= 0.6 is 0 Å². The van der Waals surface area contributed by atoms with Crippen molar-refractivity contribution in [2.45, 2.75) is 20.3 Å². The fourth-order valence-electron chi connectivity index (χ4n) is 2.56. The van der Waals surface area contributed by atoms with Crippen LogP contribution in [0.3, 0.4) is 0 Å². The molecular formula is C18H17N3O4. The third-order valence-corrected chi connectivity index (χ3v) is 3.94. The van der Waals surface area contributed by atoms with Gasteiger partial charge in [-0.3, -0.25) is 20.4 Å². The molecule has 7 nitrogen and oxygen atoms in total. The van der Waals surface area contributed by atoms with Crippen molar-refractivity contribution in [1.82, 2.24) is 16.0 Å². The van der Waals surface area contributed by atoms with Crippen LogP contribution < -0.4 is 10.9 Å². The van der Waals surface area contributed by atoms with Crippen LogP contribution in [0.1, 0.15) is 27.4 Å². The first-order valence-electron chi connectivity index (χ1n) is 7.68. The lowest BCUT2D eigenvalue weighted by molar-refractivity contribution is -0.121. The van der Waals surface area contributed by atoms with E-state index in [1.807, 2.05) is 24.3 Å². The van der Waals surface area contributed by atoms with E-state index in [1.54, 1.807) is 19.9 Å². The topological polar surface area (TPSA) is 104 Å². The van der Waals surface area contributed by atoms with Gasteiger partial charge in [0.25, 0.3) is 5.91 Å². The molecule has 1 aromatic heterocycles. The Balaban J connectivity index is 1.68. The molecule has 2 amide bonds. The Hall–Kier alpha value is -3.35. The molecule has 2 aromatic carbocycles. The number of nitrogens with one attached hydrogen (secondary N) is 2. The molecule has 0 saturated carbocycles. The van der Waals surface area contributed by atoms with Crippen molar-refractivity contribution in [2.24, 2.45) is 0 Å². The summed E-state index contributed by atoms with van der Waals surface area (Å²) in [6.07, 6.45) is 0.0329. The molecular weight excluding hydrogens is 322 g/mol. The molecule has 0 atom stereocenters. The van der Waals surface area contributed by atoms with Crippen LogP contribution in [0.4, 0.5) is 0 Å². The molecule has 0 aliphatic heterocycles. The van der Waals surface area contributed by atoms with Crippen LogP contribution in [0.15, 0.2) is 40.9 Å². The van der Waals surface area contributed by atoms with Gasteiger partial charge in [-0.1, -0.05) is 29.4 Å². The number of fused-ring (bicyclic) bond motifs is 1. The SMILES string of the molecule is Cc1noc(C)c1CC(=O)NNC(=O)c1cc2ccccc2cc1O. The highest BCUT2D eigenvalue weighted by Crippen LogP contribution is 2.24. The van der Waals surface area contributed by atoms with Gasteiger partial charge in [0.2, 0.25) is 5.91 Å². The van der Waals surface area contributed by atoms with Gasteiger partial charge in [-0.25, -0.2) is 0 Å². The number of hydrazine groups is 1. The van der Waals surface area contributed by atoms with Gasteiger partial charge in [-0.05, 0) is 36.8 Å². The Morgan fingerprint density at radius 2 is 1.80 bits per heavy atom. The molecule has 0 unspecified atom stereocenters. The van der Waals surface area contributed by atoms with E-state index in [2.05, 4.69) is 16.0 Å². The molecule has 0 bridgehead atoms. The second-order valence-corrected chi connectivity index (χ2v) is 5.70. The molecule has 0 aliphatic rings. The van der Waals surface area contributed by atoms with E-state index in [9.17, 15) is 14.7 Å². The Labute approximate surface area is 143 Å². The molecule has 0 spiro atoms. The predicted molar refractivity (Wildman–Crippen MR) is 90.9 cm³/mol. The first-order chi connectivity index (χ1) is 12.0. The van der Waals surface area contributed by atoms with E-state index in [0.717, 1.165) is 10.8 Å². The maximum atomic E-state index is 12.2. The number of carbonyl (C=O) groups is 2. The number of carbonyl (C=O) groups excluding carboxylic acids is 2. The molecule has 0 fully saturated rings. The van der Waals surface area contributed by atoms with Gasteiger partial charge in [0, 0.05) is 5.56 Å². The summed E-state index contributed by atoms with van der Waals surface area (Å²) in [7, 11) is 0. The standard InChI is InChI=1S/C18H17N3O4/c1-10-14(11(2)25-21-10)9-17(23)19-20-18(24)15-7-12-5-3-4-6-13(12)8-16(15)22/h3-8,22H,9H2,1-2H3,(H,19,23)(H,20,24). The van der Waals surface area contributed by atoms with Crippen molar-refractivity contribution >= 4 is 22.6 Å². The largest absolute Gasteiger partial charge is 0.507 e. The van der Waals surface area contributed by atoms with Crippen molar-refractivity contribution in [3.05, 3.63) is 59.0 Å². The van der Waals surface area contributed by atoms with Crippen molar-refractivity contribution in [1.29, 1.82) is 0 Å². The normalized spacial score (nSPS) is 10.6. The third-order valence-electron chi connectivity index (χ3n) is 3.94. The zero-order chi connectivity index (χ0) is 18.0. The van der Waals surface area contributed by atoms with Crippen LogP contribution in [0, 0.1) is 13.8 Å². The van der Waals surface area contributed by atoms with Crippen LogP contribution in [-0.4, -0.2) is 22.1 Å². The molecule has 0 aliphatic carbocycles. The number of hydrogen-bond donors (Lipinski definition) is 3. The number of rotatable bonds is 3. The minimum absolute atomic E-state index is 0.0329. The highest BCUT2D eigenvalue weighted by Gasteiger charge is 2.16. The van der Waals surface area contributed by atoms with Gasteiger partial charge >= 0.3 is 0 Å². The maximum absolute atomic E-state index is 12.2. The van der Waals surface area contributed by atoms with Gasteiger partial charge < -0.3 is 9.63 Å². The van der Waals surface area contributed by atoms with Gasteiger partial charge in [0.1, 0.15) is 11.5 Å². The molecule has 3 aromatic rings.